The third-order valence-corrected chi connectivity index (χ3v) is 6.92. The summed E-state index contributed by atoms with van der Waals surface area (Å²) in [6, 6.07) is 22.3. The maximum Gasteiger partial charge on any atom is 0.332 e. The maximum absolute atomic E-state index is 13.5. The number of hydrogen-bond acceptors (Lipinski definition) is 7. The van der Waals surface area contributed by atoms with Crippen molar-refractivity contribution in [3.05, 3.63) is 128 Å². The van der Waals surface area contributed by atoms with Crippen LogP contribution in [-0.2, 0) is 31.0 Å². The van der Waals surface area contributed by atoms with Gasteiger partial charge in [-0.1, -0.05) is 30.3 Å². The fourth-order valence-electron chi connectivity index (χ4n) is 4.74. The minimum absolute atomic E-state index is 0.0321. The molecule has 0 unspecified atom stereocenters. The fourth-order valence-corrected chi connectivity index (χ4v) is 4.74. The number of hydrogen-bond donors (Lipinski definition) is 2. The second kappa shape index (κ2) is 11.5. The lowest BCUT2D eigenvalue weighted by molar-refractivity contribution is -0.121. The van der Waals surface area contributed by atoms with Gasteiger partial charge in [0.05, 0.1) is 30.3 Å². The second-order valence-electron chi connectivity index (χ2n) is 9.70. The zero-order chi connectivity index (χ0) is 29.1. The predicted molar refractivity (Wildman–Crippen MR) is 152 cm³/mol. The Morgan fingerprint density at radius 3 is 2.38 bits per heavy atom. The third kappa shape index (κ3) is 5.52. The largest absolute Gasteiger partial charge is 0.467 e. The van der Waals surface area contributed by atoms with Crippen LogP contribution in [-0.4, -0.2) is 27.7 Å². The molecular weight excluding hydrogens is 540 g/mol. The van der Waals surface area contributed by atoms with Crippen molar-refractivity contribution in [3.8, 4) is 11.5 Å². The van der Waals surface area contributed by atoms with Crippen LogP contribution in [0.2, 0.25) is 0 Å². The number of para-hydroxylation sites is 1. The summed E-state index contributed by atoms with van der Waals surface area (Å²) in [5.41, 5.74) is 1.23. The quantitative estimate of drug-likeness (QED) is 0.280. The van der Waals surface area contributed by atoms with Crippen LogP contribution in [0.4, 0.5) is 0 Å². The summed E-state index contributed by atoms with van der Waals surface area (Å²) in [5.74, 6) is 1.22. The van der Waals surface area contributed by atoms with E-state index < -0.39 is 17.2 Å². The van der Waals surface area contributed by atoms with Gasteiger partial charge in [0.25, 0.3) is 11.5 Å². The summed E-state index contributed by atoms with van der Waals surface area (Å²) in [5, 5.41) is 5.91. The standard InChI is InChI=1S/C31H26N4O7/c36-28(32-16-23-4-3-13-40-23)18-34-25-6-2-1-5-24(25)30(38)35(31(34)39)17-20-7-10-22(11-8-20)29(37)33-15-21-9-12-26-27(14-21)42-19-41-26/h1-14H,15-19H2,(H,32,36)(H,33,37). The average Bonchev–Trinajstić information content (AvgIpc) is 3.71. The van der Waals surface area contributed by atoms with Gasteiger partial charge >= 0.3 is 5.69 Å². The average molecular weight is 567 g/mol. The molecule has 0 aliphatic carbocycles. The van der Waals surface area contributed by atoms with Crippen molar-refractivity contribution in [1.82, 2.24) is 19.8 Å². The number of carbonyl (C=O) groups excluding carboxylic acids is 2. The van der Waals surface area contributed by atoms with E-state index in [2.05, 4.69) is 10.6 Å². The van der Waals surface area contributed by atoms with Crippen LogP contribution in [0.5, 0.6) is 11.5 Å². The molecule has 2 aromatic heterocycles. The number of ether oxygens (including phenoxy) is 2. The maximum atomic E-state index is 13.5. The molecule has 0 atom stereocenters. The number of furan rings is 1. The first-order chi connectivity index (χ1) is 20.5. The normalized spacial score (nSPS) is 11.9. The van der Waals surface area contributed by atoms with E-state index in [4.69, 9.17) is 13.9 Å². The molecule has 0 radical (unpaired) electrons. The van der Waals surface area contributed by atoms with Crippen molar-refractivity contribution in [2.75, 3.05) is 6.79 Å². The Hall–Kier alpha value is -5.58. The lowest BCUT2D eigenvalue weighted by Crippen LogP contribution is -2.42. The highest BCUT2D eigenvalue weighted by Gasteiger charge is 2.17. The molecule has 3 heterocycles. The summed E-state index contributed by atoms with van der Waals surface area (Å²) in [4.78, 5) is 52.2. The minimum Gasteiger partial charge on any atom is -0.467 e. The van der Waals surface area contributed by atoms with Crippen molar-refractivity contribution in [2.24, 2.45) is 0 Å². The molecule has 11 nitrogen and oxygen atoms in total. The van der Waals surface area contributed by atoms with E-state index in [1.165, 1.54) is 10.8 Å². The summed E-state index contributed by atoms with van der Waals surface area (Å²) >= 11 is 0. The lowest BCUT2D eigenvalue weighted by atomic mass is 10.1. The molecule has 212 valence electrons. The van der Waals surface area contributed by atoms with Crippen LogP contribution < -0.4 is 31.4 Å². The van der Waals surface area contributed by atoms with Gasteiger partial charge in [-0.3, -0.25) is 23.5 Å². The van der Waals surface area contributed by atoms with Crippen LogP contribution in [0.25, 0.3) is 10.9 Å². The van der Waals surface area contributed by atoms with E-state index in [1.54, 1.807) is 66.7 Å². The van der Waals surface area contributed by atoms with Gasteiger partial charge in [-0.2, -0.15) is 0 Å². The molecule has 0 bridgehead atoms. The molecule has 0 spiro atoms. The van der Waals surface area contributed by atoms with Crippen molar-refractivity contribution in [2.45, 2.75) is 26.2 Å². The van der Waals surface area contributed by atoms with Gasteiger partial charge in [0.1, 0.15) is 12.3 Å². The molecule has 2 amide bonds. The Bertz CT molecular complexity index is 1890. The summed E-state index contributed by atoms with van der Waals surface area (Å²) < 4.78 is 18.3. The first-order valence-electron chi connectivity index (χ1n) is 13.2. The topological polar surface area (TPSA) is 134 Å². The molecular formula is C31H26N4O7. The Morgan fingerprint density at radius 2 is 1.57 bits per heavy atom. The van der Waals surface area contributed by atoms with Gasteiger partial charge in [0, 0.05) is 12.1 Å². The SMILES string of the molecule is O=C(Cn1c(=O)n(Cc2ccc(C(=O)NCc3ccc4c(c3)OCO4)cc2)c(=O)c2ccccc21)NCc1ccco1. The van der Waals surface area contributed by atoms with Crippen LogP contribution in [0, 0.1) is 0 Å². The predicted octanol–water partition coefficient (Wildman–Crippen LogP) is 2.78. The number of nitrogens with one attached hydrogen (secondary N) is 2. The molecule has 3 aromatic carbocycles. The molecule has 0 fully saturated rings. The van der Waals surface area contributed by atoms with Crippen molar-refractivity contribution < 1.29 is 23.5 Å². The third-order valence-electron chi connectivity index (χ3n) is 6.92. The van der Waals surface area contributed by atoms with E-state index >= 15 is 0 Å². The number of aromatic nitrogens is 2. The van der Waals surface area contributed by atoms with Crippen molar-refractivity contribution >= 4 is 22.7 Å². The zero-order valence-electron chi connectivity index (χ0n) is 22.4. The number of benzene rings is 3. The Kier molecular flexibility index (Phi) is 7.29. The molecule has 11 heteroatoms. The van der Waals surface area contributed by atoms with Crippen molar-refractivity contribution in [1.29, 1.82) is 0 Å². The molecule has 1 aliphatic rings. The van der Waals surface area contributed by atoms with E-state index in [1.807, 2.05) is 12.1 Å². The second-order valence-corrected chi connectivity index (χ2v) is 9.70. The first kappa shape index (κ1) is 26.6. The molecule has 0 saturated carbocycles. The summed E-state index contributed by atoms with van der Waals surface area (Å²) in [6.45, 7) is 0.351. The molecule has 0 saturated heterocycles. The number of amides is 2. The van der Waals surface area contributed by atoms with Crippen LogP contribution in [0.1, 0.15) is 27.2 Å². The molecule has 2 N–H and O–H groups in total. The monoisotopic (exact) mass is 566 g/mol. The minimum atomic E-state index is -0.614. The summed E-state index contributed by atoms with van der Waals surface area (Å²) in [6.07, 6.45) is 1.51. The highest BCUT2D eigenvalue weighted by atomic mass is 16.7. The Balaban J connectivity index is 1.18. The number of rotatable bonds is 9. The van der Waals surface area contributed by atoms with Crippen LogP contribution in [0.3, 0.4) is 0 Å². The van der Waals surface area contributed by atoms with Gasteiger partial charge in [-0.25, -0.2) is 4.79 Å². The zero-order valence-corrected chi connectivity index (χ0v) is 22.4. The van der Waals surface area contributed by atoms with Gasteiger partial charge in [0.15, 0.2) is 11.5 Å². The van der Waals surface area contributed by atoms with Gasteiger partial charge < -0.3 is 24.5 Å². The Labute approximate surface area is 238 Å². The number of nitrogens with zero attached hydrogens (tertiary/aromatic N) is 2. The van der Waals surface area contributed by atoms with Crippen LogP contribution in [0.15, 0.2) is 99.1 Å². The van der Waals surface area contributed by atoms with E-state index in [0.29, 0.717) is 45.8 Å². The number of fused-ring (bicyclic) bond motifs is 2. The van der Waals surface area contributed by atoms with Crippen LogP contribution >= 0.6 is 0 Å². The molecule has 5 aromatic rings. The van der Waals surface area contributed by atoms with E-state index in [0.717, 1.165) is 10.1 Å². The molecule has 6 rings (SSSR count). The smallest absolute Gasteiger partial charge is 0.332 e. The highest BCUT2D eigenvalue weighted by Crippen LogP contribution is 2.32. The fraction of sp³-hybridized carbons (Fsp3) is 0.161. The van der Waals surface area contributed by atoms with E-state index in [-0.39, 0.29) is 32.3 Å². The van der Waals surface area contributed by atoms with Gasteiger partial charge in [-0.15, -0.1) is 0 Å². The number of carbonyl (C=O) groups is 2. The highest BCUT2D eigenvalue weighted by molar-refractivity contribution is 5.94. The summed E-state index contributed by atoms with van der Waals surface area (Å²) in [7, 11) is 0. The van der Waals surface area contributed by atoms with E-state index in [9.17, 15) is 19.2 Å². The molecule has 1 aliphatic heterocycles. The van der Waals surface area contributed by atoms with Crippen molar-refractivity contribution in [3.63, 3.8) is 0 Å². The van der Waals surface area contributed by atoms with Gasteiger partial charge in [0.2, 0.25) is 12.7 Å². The van der Waals surface area contributed by atoms with Gasteiger partial charge in [-0.05, 0) is 59.7 Å². The Morgan fingerprint density at radius 1 is 0.786 bits per heavy atom. The first-order valence-corrected chi connectivity index (χ1v) is 13.2. The molecule has 42 heavy (non-hydrogen) atoms. The lowest BCUT2D eigenvalue weighted by Gasteiger charge is -2.14.